The molecule has 0 aromatic carbocycles. The first-order chi connectivity index (χ1) is 14.3. The standard InChI is InChI=1S/C18H30N4O7S/c1-3-29-9-6-20-17(27)13(21-12(2)24)11-30-14-10-16(26)22(18(14)28)7-4-15(25)19-5-8-23/h13-14,23H,3-11H2,1-2H3,(H,19,25)(H,20,27)(H,21,24). The fourth-order valence-electron chi connectivity index (χ4n) is 2.67. The number of carbonyl (C=O) groups is 5. The number of amides is 5. The summed E-state index contributed by atoms with van der Waals surface area (Å²) < 4.78 is 5.15. The molecule has 0 spiro atoms. The van der Waals surface area contributed by atoms with Crippen LogP contribution in [0.15, 0.2) is 0 Å². The number of rotatable bonds is 14. The molecule has 5 amide bonds. The van der Waals surface area contributed by atoms with Crippen molar-refractivity contribution in [1.29, 1.82) is 0 Å². The molecule has 1 fully saturated rings. The van der Waals surface area contributed by atoms with Crippen LogP contribution in [-0.2, 0) is 28.7 Å². The normalized spacial score (nSPS) is 17.0. The lowest BCUT2D eigenvalue weighted by Gasteiger charge is -2.19. The predicted molar refractivity (Wildman–Crippen MR) is 109 cm³/mol. The molecule has 11 nitrogen and oxygen atoms in total. The van der Waals surface area contributed by atoms with Gasteiger partial charge in [-0.1, -0.05) is 0 Å². The summed E-state index contributed by atoms with van der Waals surface area (Å²) in [7, 11) is 0. The van der Waals surface area contributed by atoms with Gasteiger partial charge in [0.1, 0.15) is 6.04 Å². The van der Waals surface area contributed by atoms with Gasteiger partial charge in [0.15, 0.2) is 0 Å². The van der Waals surface area contributed by atoms with E-state index in [9.17, 15) is 24.0 Å². The fourth-order valence-corrected chi connectivity index (χ4v) is 3.86. The molecule has 1 aliphatic heterocycles. The molecule has 2 unspecified atom stereocenters. The fraction of sp³-hybridized carbons (Fsp3) is 0.722. The molecule has 0 bridgehead atoms. The Hall–Kier alpha value is -2.18. The molecular weight excluding hydrogens is 416 g/mol. The molecule has 30 heavy (non-hydrogen) atoms. The average Bonchev–Trinajstić information content (AvgIpc) is 2.97. The number of nitrogens with zero attached hydrogens (tertiary/aromatic N) is 1. The van der Waals surface area contributed by atoms with Crippen molar-refractivity contribution in [2.45, 2.75) is 38.0 Å². The lowest BCUT2D eigenvalue weighted by Crippen LogP contribution is -2.48. The molecular formula is C18H30N4O7S. The van der Waals surface area contributed by atoms with Crippen molar-refractivity contribution >= 4 is 41.3 Å². The maximum atomic E-state index is 12.5. The summed E-state index contributed by atoms with van der Waals surface area (Å²) in [6.45, 7) is 4.16. The summed E-state index contributed by atoms with van der Waals surface area (Å²) in [5.41, 5.74) is 0. The third kappa shape index (κ3) is 9.09. The van der Waals surface area contributed by atoms with Crippen LogP contribution in [0.2, 0.25) is 0 Å². The van der Waals surface area contributed by atoms with Crippen LogP contribution >= 0.6 is 11.8 Å². The van der Waals surface area contributed by atoms with E-state index in [0.717, 1.165) is 16.7 Å². The molecule has 4 N–H and O–H groups in total. The van der Waals surface area contributed by atoms with Gasteiger partial charge in [-0.25, -0.2) is 0 Å². The highest BCUT2D eigenvalue weighted by Crippen LogP contribution is 2.26. The van der Waals surface area contributed by atoms with Crippen molar-refractivity contribution in [3.8, 4) is 0 Å². The van der Waals surface area contributed by atoms with Gasteiger partial charge in [0.05, 0.1) is 18.5 Å². The first kappa shape index (κ1) is 25.9. The lowest BCUT2D eigenvalue weighted by molar-refractivity contribution is -0.138. The molecule has 0 aliphatic carbocycles. The molecule has 1 heterocycles. The Kier molecular flexibility index (Phi) is 12.0. The third-order valence-electron chi connectivity index (χ3n) is 4.11. The minimum absolute atomic E-state index is 0.0273. The Bertz CT molecular complexity index is 632. The van der Waals surface area contributed by atoms with Gasteiger partial charge in [0.2, 0.25) is 29.5 Å². The summed E-state index contributed by atoms with van der Waals surface area (Å²) in [4.78, 5) is 61.0. The molecule has 170 valence electrons. The molecule has 0 aromatic rings. The van der Waals surface area contributed by atoms with Crippen LogP contribution in [0, 0.1) is 0 Å². The first-order valence-corrected chi connectivity index (χ1v) is 10.8. The summed E-state index contributed by atoms with van der Waals surface area (Å²) in [5, 5.41) is 15.7. The maximum Gasteiger partial charge on any atom is 0.243 e. The second-order valence-electron chi connectivity index (χ2n) is 6.47. The number of likely N-dealkylation sites (tertiary alicyclic amines) is 1. The van der Waals surface area contributed by atoms with Gasteiger partial charge in [0, 0.05) is 51.8 Å². The smallest absolute Gasteiger partial charge is 0.243 e. The molecule has 0 aromatic heterocycles. The summed E-state index contributed by atoms with van der Waals surface area (Å²) in [6, 6.07) is -0.852. The quantitative estimate of drug-likeness (QED) is 0.177. The summed E-state index contributed by atoms with van der Waals surface area (Å²) in [5.74, 6) is -1.83. The van der Waals surface area contributed by atoms with Gasteiger partial charge in [-0.15, -0.1) is 11.8 Å². The van der Waals surface area contributed by atoms with Crippen LogP contribution in [0.1, 0.15) is 26.7 Å². The van der Waals surface area contributed by atoms with E-state index in [1.54, 1.807) is 0 Å². The van der Waals surface area contributed by atoms with E-state index in [2.05, 4.69) is 16.0 Å². The highest BCUT2D eigenvalue weighted by atomic mass is 32.2. The third-order valence-corrected chi connectivity index (χ3v) is 5.40. The Morgan fingerprint density at radius 2 is 2.00 bits per heavy atom. The van der Waals surface area contributed by atoms with Crippen molar-refractivity contribution in [3.63, 3.8) is 0 Å². The Balaban J connectivity index is 2.55. The Morgan fingerprint density at radius 1 is 1.27 bits per heavy atom. The second kappa shape index (κ2) is 13.9. The van der Waals surface area contributed by atoms with Gasteiger partial charge in [-0.05, 0) is 6.92 Å². The molecule has 1 saturated heterocycles. The van der Waals surface area contributed by atoms with Gasteiger partial charge >= 0.3 is 0 Å². The van der Waals surface area contributed by atoms with Crippen LogP contribution in [-0.4, -0.2) is 96.0 Å². The second-order valence-corrected chi connectivity index (χ2v) is 7.71. The topological polar surface area (TPSA) is 154 Å². The van der Waals surface area contributed by atoms with E-state index in [0.29, 0.717) is 19.8 Å². The van der Waals surface area contributed by atoms with Crippen molar-refractivity contribution < 1.29 is 33.8 Å². The van der Waals surface area contributed by atoms with Gasteiger partial charge in [-0.2, -0.15) is 0 Å². The average molecular weight is 447 g/mol. The monoisotopic (exact) mass is 446 g/mol. The number of nitrogens with one attached hydrogen (secondary N) is 3. The Labute approximate surface area is 179 Å². The predicted octanol–water partition coefficient (Wildman–Crippen LogP) is -2.00. The Morgan fingerprint density at radius 3 is 2.63 bits per heavy atom. The highest BCUT2D eigenvalue weighted by Gasteiger charge is 2.39. The van der Waals surface area contributed by atoms with Crippen molar-refractivity contribution in [1.82, 2.24) is 20.9 Å². The van der Waals surface area contributed by atoms with Crippen LogP contribution in [0.25, 0.3) is 0 Å². The number of hydrogen-bond acceptors (Lipinski definition) is 8. The van der Waals surface area contributed by atoms with Gasteiger partial charge in [-0.3, -0.25) is 28.9 Å². The zero-order valence-corrected chi connectivity index (χ0v) is 18.1. The van der Waals surface area contributed by atoms with E-state index in [1.807, 2.05) is 6.92 Å². The number of carbonyl (C=O) groups excluding carboxylic acids is 5. The van der Waals surface area contributed by atoms with E-state index >= 15 is 0 Å². The van der Waals surface area contributed by atoms with Crippen molar-refractivity contribution in [2.75, 3.05) is 45.2 Å². The van der Waals surface area contributed by atoms with Crippen LogP contribution in [0.3, 0.4) is 0 Å². The molecule has 1 aliphatic rings. The first-order valence-electron chi connectivity index (χ1n) is 9.76. The van der Waals surface area contributed by atoms with E-state index < -0.39 is 23.1 Å². The SMILES string of the molecule is CCOCCNC(=O)C(CSC1CC(=O)N(CCC(=O)NCCO)C1=O)NC(C)=O. The van der Waals surface area contributed by atoms with E-state index in [4.69, 9.17) is 9.84 Å². The van der Waals surface area contributed by atoms with Crippen molar-refractivity contribution in [2.24, 2.45) is 0 Å². The minimum atomic E-state index is -0.852. The molecule has 1 rings (SSSR count). The number of thioether (sulfide) groups is 1. The maximum absolute atomic E-state index is 12.5. The highest BCUT2D eigenvalue weighted by molar-refractivity contribution is 8.00. The number of ether oxygens (including phenoxy) is 1. The minimum Gasteiger partial charge on any atom is -0.395 e. The van der Waals surface area contributed by atoms with Crippen LogP contribution in [0.4, 0.5) is 0 Å². The van der Waals surface area contributed by atoms with Gasteiger partial charge in [0.25, 0.3) is 0 Å². The zero-order valence-electron chi connectivity index (χ0n) is 17.3. The van der Waals surface area contributed by atoms with Crippen molar-refractivity contribution in [3.05, 3.63) is 0 Å². The van der Waals surface area contributed by atoms with E-state index in [-0.39, 0.29) is 56.0 Å². The van der Waals surface area contributed by atoms with E-state index in [1.165, 1.54) is 6.92 Å². The molecule has 2 atom stereocenters. The molecule has 0 radical (unpaired) electrons. The summed E-state index contributed by atoms with van der Waals surface area (Å²) >= 11 is 1.12. The van der Waals surface area contributed by atoms with Crippen LogP contribution < -0.4 is 16.0 Å². The number of imide groups is 1. The lowest BCUT2D eigenvalue weighted by atomic mass is 10.3. The number of hydrogen-bond donors (Lipinski definition) is 4. The number of aliphatic hydroxyl groups is 1. The number of aliphatic hydroxyl groups excluding tert-OH is 1. The summed E-state index contributed by atoms with van der Waals surface area (Å²) in [6.07, 6.45) is -0.0773. The zero-order chi connectivity index (χ0) is 22.5. The van der Waals surface area contributed by atoms with Crippen LogP contribution in [0.5, 0.6) is 0 Å². The van der Waals surface area contributed by atoms with Gasteiger partial charge < -0.3 is 25.8 Å². The molecule has 0 saturated carbocycles. The molecule has 12 heteroatoms. The largest absolute Gasteiger partial charge is 0.395 e.